The molecule has 1 saturated heterocycles. The normalized spacial score (nSPS) is 20.6. The summed E-state index contributed by atoms with van der Waals surface area (Å²) in [5, 5.41) is 8.00. The maximum atomic E-state index is 13.1. The first-order valence-electron chi connectivity index (χ1n) is 11.9. The van der Waals surface area contributed by atoms with E-state index in [1.165, 1.54) is 36.4 Å². The van der Waals surface area contributed by atoms with Gasteiger partial charge in [0.1, 0.15) is 0 Å². The summed E-state index contributed by atoms with van der Waals surface area (Å²) in [4.78, 5) is 39.1. The van der Waals surface area contributed by atoms with Crippen LogP contribution in [0.5, 0.6) is 0 Å². The first-order valence-corrected chi connectivity index (χ1v) is 13.0. The van der Waals surface area contributed by atoms with E-state index in [0.717, 1.165) is 0 Å². The molecule has 1 aliphatic heterocycles. The number of hydrogen-bond acceptors (Lipinski definition) is 9. The molecule has 0 radical (unpaired) electrons. The topological polar surface area (TPSA) is 121 Å². The number of nitrogens with one attached hydrogen (secondary N) is 1. The van der Waals surface area contributed by atoms with Gasteiger partial charge in [-0.25, -0.2) is 14.4 Å². The van der Waals surface area contributed by atoms with Crippen LogP contribution in [0.3, 0.4) is 0 Å². The summed E-state index contributed by atoms with van der Waals surface area (Å²) >= 11 is 17.3. The predicted molar refractivity (Wildman–Crippen MR) is 146 cm³/mol. The lowest BCUT2D eigenvalue weighted by Gasteiger charge is -2.40. The molecule has 0 bridgehead atoms. The van der Waals surface area contributed by atoms with Crippen molar-refractivity contribution in [2.24, 2.45) is 0 Å². The van der Waals surface area contributed by atoms with Crippen LogP contribution in [0, 0.1) is 5.41 Å². The van der Waals surface area contributed by atoms with Crippen molar-refractivity contribution in [3.63, 3.8) is 0 Å². The lowest BCUT2D eigenvalue weighted by Crippen LogP contribution is -2.59. The molecule has 0 aliphatic carbocycles. The summed E-state index contributed by atoms with van der Waals surface area (Å²) < 4.78 is 25.9. The number of carbonyl (C=O) groups excluding carboxylic acids is 3. The van der Waals surface area contributed by atoms with Gasteiger partial charge in [0.25, 0.3) is 3.79 Å². The van der Waals surface area contributed by atoms with Crippen LogP contribution in [0.25, 0.3) is 0 Å². The van der Waals surface area contributed by atoms with Gasteiger partial charge in [0.05, 0.1) is 23.3 Å². The van der Waals surface area contributed by atoms with Crippen LogP contribution in [0.4, 0.5) is 0 Å². The third-order valence-corrected chi connectivity index (χ3v) is 6.16. The van der Waals surface area contributed by atoms with E-state index in [-0.39, 0.29) is 23.3 Å². The minimum Gasteiger partial charge on any atom is -0.452 e. The number of alkyl halides is 3. The highest BCUT2D eigenvalue weighted by Gasteiger charge is 2.50. The van der Waals surface area contributed by atoms with Gasteiger partial charge in [-0.3, -0.25) is 5.41 Å². The van der Waals surface area contributed by atoms with E-state index in [9.17, 15) is 14.4 Å². The Morgan fingerprint density at radius 2 is 1.05 bits per heavy atom. The smallest absolute Gasteiger partial charge is 0.338 e. The lowest BCUT2D eigenvalue weighted by atomic mass is 10.0. The summed E-state index contributed by atoms with van der Waals surface area (Å²) in [7, 11) is 0. The Kier molecular flexibility index (Phi) is 9.65. The molecule has 0 unspecified atom stereocenters. The first kappa shape index (κ1) is 29.4. The van der Waals surface area contributed by atoms with E-state index < -0.39 is 52.2 Å². The predicted octanol–water partition coefficient (Wildman–Crippen LogP) is 5.38. The summed E-state index contributed by atoms with van der Waals surface area (Å²) in [5.41, 5.74) is 0.570. The van der Waals surface area contributed by atoms with E-state index in [0.29, 0.717) is 0 Å². The molecule has 3 aromatic carbocycles. The van der Waals surface area contributed by atoms with Gasteiger partial charge in [0, 0.05) is 0 Å². The number of rotatable bonds is 7. The van der Waals surface area contributed by atoms with E-state index in [4.69, 9.17) is 63.9 Å². The van der Waals surface area contributed by atoms with Crippen molar-refractivity contribution in [1.29, 1.82) is 5.41 Å². The van der Waals surface area contributed by atoms with Gasteiger partial charge in [-0.05, 0) is 36.4 Å². The second-order valence-corrected chi connectivity index (χ2v) is 10.7. The highest BCUT2D eigenvalue weighted by Crippen LogP contribution is 2.32. The van der Waals surface area contributed by atoms with Crippen LogP contribution >= 0.6 is 34.8 Å². The van der Waals surface area contributed by atoms with Crippen molar-refractivity contribution in [2.45, 2.75) is 28.4 Å². The van der Waals surface area contributed by atoms with Crippen LogP contribution in [0.15, 0.2) is 91.0 Å². The number of carbonyl (C=O) groups is 3. The maximum absolute atomic E-state index is 13.1. The maximum Gasteiger partial charge on any atom is 0.338 e. The molecule has 0 amide bonds. The van der Waals surface area contributed by atoms with Crippen LogP contribution in [0.1, 0.15) is 31.1 Å². The van der Waals surface area contributed by atoms with Crippen molar-refractivity contribution in [1.82, 2.24) is 0 Å². The number of benzene rings is 3. The van der Waals surface area contributed by atoms with Gasteiger partial charge in [0.15, 0.2) is 12.2 Å². The fourth-order valence-electron chi connectivity index (χ4n) is 3.71. The Labute approximate surface area is 244 Å². The zero-order valence-corrected chi connectivity index (χ0v) is 22.8. The third-order valence-electron chi connectivity index (χ3n) is 5.65. The molecule has 4 rings (SSSR count). The molecular formula is C28H22Cl3NO8. The number of ether oxygens (including phenoxy) is 5. The standard InChI is InChI=1S/C28H22Cl3NO8/c29-28(30,31)27(32)40-26-22(39-25(35)19-14-8-3-9-15-19)21(38-24(34)18-12-6-2-7-13-18)20(16-36-26)37-23(33)17-10-4-1-5-11-17/h1-15,20-22,26,32H,16H2/t20-,21+,22-,26+/m1/s1. The van der Waals surface area contributed by atoms with Crippen LogP contribution in [-0.4, -0.2) is 58.8 Å². The molecule has 1 heterocycles. The van der Waals surface area contributed by atoms with Gasteiger partial charge in [-0.15, -0.1) is 0 Å². The van der Waals surface area contributed by atoms with Crippen molar-refractivity contribution < 1.29 is 38.1 Å². The van der Waals surface area contributed by atoms with Crippen LogP contribution in [0.2, 0.25) is 0 Å². The highest BCUT2D eigenvalue weighted by atomic mass is 35.6. The highest BCUT2D eigenvalue weighted by molar-refractivity contribution is 6.76. The SMILES string of the molecule is N=C(O[C@@H]1OC[C@@H](OC(=O)c2ccccc2)[C@H](OC(=O)c2ccccc2)[C@H]1OC(=O)c1ccccc1)C(Cl)(Cl)Cl. The van der Waals surface area contributed by atoms with E-state index >= 15 is 0 Å². The van der Waals surface area contributed by atoms with E-state index in [2.05, 4.69) is 0 Å². The molecule has 0 aromatic heterocycles. The quantitative estimate of drug-likeness (QED) is 0.125. The molecular weight excluding hydrogens is 585 g/mol. The zero-order chi connectivity index (χ0) is 28.7. The van der Waals surface area contributed by atoms with E-state index in [1.807, 2.05) is 0 Å². The first-order chi connectivity index (χ1) is 19.1. The summed E-state index contributed by atoms with van der Waals surface area (Å²) in [6.45, 7) is -0.373. The molecule has 1 N–H and O–H groups in total. The fraction of sp³-hybridized carbons (Fsp3) is 0.214. The largest absolute Gasteiger partial charge is 0.452 e. The zero-order valence-electron chi connectivity index (χ0n) is 20.6. The van der Waals surface area contributed by atoms with E-state index in [1.54, 1.807) is 54.6 Å². The van der Waals surface area contributed by atoms with Gasteiger partial charge in [0.2, 0.25) is 18.3 Å². The van der Waals surface area contributed by atoms with Crippen molar-refractivity contribution in [3.05, 3.63) is 108 Å². The average Bonchev–Trinajstić information content (AvgIpc) is 2.96. The molecule has 9 nitrogen and oxygen atoms in total. The van der Waals surface area contributed by atoms with Crippen molar-refractivity contribution >= 4 is 58.6 Å². The van der Waals surface area contributed by atoms with Crippen molar-refractivity contribution in [2.75, 3.05) is 6.61 Å². The fourth-order valence-corrected chi connectivity index (χ4v) is 3.84. The second kappa shape index (κ2) is 13.1. The molecule has 1 aliphatic rings. The monoisotopic (exact) mass is 605 g/mol. The number of halogens is 3. The third kappa shape index (κ3) is 7.51. The molecule has 0 spiro atoms. The Balaban J connectivity index is 1.68. The molecule has 3 aromatic rings. The molecule has 40 heavy (non-hydrogen) atoms. The molecule has 1 fully saturated rings. The van der Waals surface area contributed by atoms with Crippen molar-refractivity contribution in [3.8, 4) is 0 Å². The molecule has 12 heteroatoms. The van der Waals surface area contributed by atoms with Gasteiger partial charge in [-0.2, -0.15) is 0 Å². The Hall–Kier alpha value is -3.63. The van der Waals surface area contributed by atoms with Gasteiger partial charge >= 0.3 is 17.9 Å². The second-order valence-electron chi connectivity index (χ2n) is 8.43. The Bertz CT molecular complexity index is 1340. The van der Waals surface area contributed by atoms with Crippen LogP contribution < -0.4 is 0 Å². The average molecular weight is 607 g/mol. The van der Waals surface area contributed by atoms with Crippen LogP contribution in [-0.2, 0) is 23.7 Å². The molecule has 0 saturated carbocycles. The lowest BCUT2D eigenvalue weighted by molar-refractivity contribution is -0.245. The van der Waals surface area contributed by atoms with Gasteiger partial charge < -0.3 is 23.7 Å². The summed E-state index contributed by atoms with van der Waals surface area (Å²) in [5.74, 6) is -3.21. The number of esters is 3. The number of hydrogen-bond donors (Lipinski definition) is 1. The Morgan fingerprint density at radius 3 is 1.48 bits per heavy atom. The molecule has 4 atom stereocenters. The summed E-state index contributed by atoms with van der Waals surface area (Å²) in [6.07, 6.45) is -5.84. The molecule has 208 valence electrons. The Morgan fingerprint density at radius 1 is 0.650 bits per heavy atom. The summed E-state index contributed by atoms with van der Waals surface area (Å²) in [6, 6.07) is 24.1. The van der Waals surface area contributed by atoms with Gasteiger partial charge in [-0.1, -0.05) is 89.4 Å². The minimum atomic E-state index is -2.27. The minimum absolute atomic E-state index is 0.161.